The van der Waals surface area contributed by atoms with Crippen molar-refractivity contribution in [3.63, 3.8) is 0 Å². The highest BCUT2D eigenvalue weighted by atomic mass is 16.5. The van der Waals surface area contributed by atoms with Gasteiger partial charge in [0.1, 0.15) is 0 Å². The average molecular weight is 349 g/mol. The number of aryl methyl sites for hydroxylation is 3. The van der Waals surface area contributed by atoms with Crippen molar-refractivity contribution in [3.05, 3.63) is 76.2 Å². The van der Waals surface area contributed by atoms with Crippen LogP contribution in [0.1, 0.15) is 38.6 Å². The molecule has 0 saturated carbocycles. The zero-order valence-electron chi connectivity index (χ0n) is 15.6. The van der Waals surface area contributed by atoms with Crippen LogP contribution in [0.5, 0.6) is 5.88 Å². The lowest BCUT2D eigenvalue weighted by molar-refractivity contribution is 0.0916. The van der Waals surface area contributed by atoms with Crippen LogP contribution in [0, 0.1) is 27.7 Å². The molecule has 3 aromatic rings. The quantitative estimate of drug-likeness (QED) is 0.635. The molecule has 134 valence electrons. The van der Waals surface area contributed by atoms with Crippen LogP contribution in [0.2, 0.25) is 0 Å². The monoisotopic (exact) mass is 349 g/mol. The standard InChI is InChI=1S/C21H23N3O2/c1-14-10-21(23-22-16(14)3)26-13-20(25)19-11-15(2)24(17(19)4)12-18-8-6-5-7-9-18/h5-11H,12-13H2,1-4H3. The fourth-order valence-electron chi connectivity index (χ4n) is 2.90. The number of ether oxygens (including phenoxy) is 1. The highest BCUT2D eigenvalue weighted by Crippen LogP contribution is 2.18. The molecule has 0 bridgehead atoms. The van der Waals surface area contributed by atoms with Gasteiger partial charge < -0.3 is 9.30 Å². The first kappa shape index (κ1) is 17.9. The second-order valence-corrected chi connectivity index (χ2v) is 6.52. The molecule has 0 fully saturated rings. The molecule has 0 aliphatic rings. The minimum atomic E-state index is -0.0579. The van der Waals surface area contributed by atoms with E-state index in [1.54, 1.807) is 6.07 Å². The second-order valence-electron chi connectivity index (χ2n) is 6.52. The number of carbonyl (C=O) groups is 1. The van der Waals surface area contributed by atoms with Gasteiger partial charge in [-0.1, -0.05) is 30.3 Å². The van der Waals surface area contributed by atoms with Gasteiger partial charge in [0, 0.05) is 29.6 Å². The van der Waals surface area contributed by atoms with E-state index in [0.29, 0.717) is 11.4 Å². The van der Waals surface area contributed by atoms with E-state index in [4.69, 9.17) is 4.74 Å². The number of Topliss-reactive ketones (excluding diaryl/α,β-unsaturated/α-hetero) is 1. The van der Waals surface area contributed by atoms with Gasteiger partial charge in [0.15, 0.2) is 6.61 Å². The van der Waals surface area contributed by atoms with Crippen LogP contribution in [0.15, 0.2) is 42.5 Å². The lowest BCUT2D eigenvalue weighted by Crippen LogP contribution is -2.14. The maximum atomic E-state index is 12.6. The van der Waals surface area contributed by atoms with E-state index in [1.165, 1.54) is 5.56 Å². The van der Waals surface area contributed by atoms with Crippen molar-refractivity contribution >= 4 is 5.78 Å². The number of rotatable bonds is 6. The molecule has 2 heterocycles. The minimum Gasteiger partial charge on any atom is -0.468 e. The van der Waals surface area contributed by atoms with Gasteiger partial charge in [-0.25, -0.2) is 0 Å². The van der Waals surface area contributed by atoms with Gasteiger partial charge in [0.2, 0.25) is 11.7 Å². The van der Waals surface area contributed by atoms with Crippen LogP contribution in [-0.2, 0) is 6.54 Å². The Morgan fingerprint density at radius 2 is 1.77 bits per heavy atom. The zero-order valence-corrected chi connectivity index (χ0v) is 15.6. The lowest BCUT2D eigenvalue weighted by atomic mass is 10.1. The summed E-state index contributed by atoms with van der Waals surface area (Å²) in [6.45, 7) is 8.51. The molecule has 0 N–H and O–H groups in total. The smallest absolute Gasteiger partial charge is 0.234 e. The Bertz CT molecular complexity index is 930. The Balaban J connectivity index is 1.73. The van der Waals surface area contributed by atoms with Crippen LogP contribution < -0.4 is 4.74 Å². The van der Waals surface area contributed by atoms with Gasteiger partial charge in [-0.15, -0.1) is 5.10 Å². The van der Waals surface area contributed by atoms with Gasteiger partial charge in [-0.3, -0.25) is 4.79 Å². The highest BCUT2D eigenvalue weighted by Gasteiger charge is 2.17. The third-order valence-electron chi connectivity index (χ3n) is 4.62. The van der Waals surface area contributed by atoms with Crippen molar-refractivity contribution in [2.45, 2.75) is 34.2 Å². The summed E-state index contributed by atoms with van der Waals surface area (Å²) in [4.78, 5) is 12.6. The lowest BCUT2D eigenvalue weighted by Gasteiger charge is -2.10. The van der Waals surface area contributed by atoms with E-state index in [2.05, 4.69) is 26.9 Å². The maximum Gasteiger partial charge on any atom is 0.234 e. The van der Waals surface area contributed by atoms with Crippen LogP contribution in [-0.4, -0.2) is 27.2 Å². The summed E-state index contributed by atoms with van der Waals surface area (Å²) in [5.41, 5.74) is 5.74. The third-order valence-corrected chi connectivity index (χ3v) is 4.62. The SMILES string of the molecule is Cc1cc(OCC(=O)c2cc(C)n(Cc3ccccc3)c2C)nnc1C. The number of ketones is 1. The molecule has 3 rings (SSSR count). The summed E-state index contributed by atoms with van der Waals surface area (Å²) in [5, 5.41) is 8.00. The predicted molar refractivity (Wildman–Crippen MR) is 101 cm³/mol. The normalized spacial score (nSPS) is 10.8. The minimum absolute atomic E-state index is 0.0488. The number of hydrogen-bond donors (Lipinski definition) is 0. The molecule has 0 amide bonds. The molecule has 0 unspecified atom stereocenters. The number of aromatic nitrogens is 3. The topological polar surface area (TPSA) is 57.0 Å². The summed E-state index contributed by atoms with van der Waals surface area (Å²) in [6.07, 6.45) is 0. The summed E-state index contributed by atoms with van der Waals surface area (Å²) in [7, 11) is 0. The van der Waals surface area contributed by atoms with E-state index in [-0.39, 0.29) is 12.4 Å². The van der Waals surface area contributed by atoms with Crippen LogP contribution in [0.3, 0.4) is 0 Å². The maximum absolute atomic E-state index is 12.6. The predicted octanol–water partition coefficient (Wildman–Crippen LogP) is 3.82. The number of benzene rings is 1. The van der Waals surface area contributed by atoms with Crippen molar-refractivity contribution in [1.82, 2.24) is 14.8 Å². The van der Waals surface area contributed by atoms with Gasteiger partial charge in [0.25, 0.3) is 0 Å². The molecule has 1 aromatic carbocycles. The van der Waals surface area contributed by atoms with Crippen molar-refractivity contribution in [2.24, 2.45) is 0 Å². The first-order valence-electron chi connectivity index (χ1n) is 8.63. The highest BCUT2D eigenvalue weighted by molar-refractivity contribution is 5.98. The van der Waals surface area contributed by atoms with Gasteiger partial charge in [-0.05, 0) is 44.9 Å². The summed E-state index contributed by atoms with van der Waals surface area (Å²) in [5.74, 6) is 0.317. The molecule has 5 nitrogen and oxygen atoms in total. The third kappa shape index (κ3) is 3.82. The fourth-order valence-corrected chi connectivity index (χ4v) is 2.90. The number of nitrogens with zero attached hydrogens (tertiary/aromatic N) is 3. The van der Waals surface area contributed by atoms with Crippen molar-refractivity contribution in [3.8, 4) is 5.88 Å². The zero-order chi connectivity index (χ0) is 18.7. The number of hydrogen-bond acceptors (Lipinski definition) is 4. The number of carbonyl (C=O) groups excluding carboxylic acids is 1. The van der Waals surface area contributed by atoms with E-state index in [9.17, 15) is 4.79 Å². The first-order chi connectivity index (χ1) is 12.5. The molecular formula is C21H23N3O2. The molecule has 0 radical (unpaired) electrons. The van der Waals surface area contributed by atoms with Crippen LogP contribution in [0.25, 0.3) is 0 Å². The Hall–Kier alpha value is -2.95. The fraction of sp³-hybridized carbons (Fsp3) is 0.286. The van der Waals surface area contributed by atoms with Crippen LogP contribution in [0.4, 0.5) is 0 Å². The Morgan fingerprint density at radius 3 is 2.46 bits per heavy atom. The molecule has 0 aliphatic carbocycles. The average Bonchev–Trinajstić information content (AvgIpc) is 2.91. The summed E-state index contributed by atoms with van der Waals surface area (Å²) >= 11 is 0. The van der Waals surface area contributed by atoms with E-state index >= 15 is 0 Å². The van der Waals surface area contributed by atoms with Crippen molar-refractivity contribution in [2.75, 3.05) is 6.61 Å². The summed E-state index contributed by atoms with van der Waals surface area (Å²) in [6, 6.07) is 13.9. The Kier molecular flexibility index (Phi) is 5.16. The molecule has 0 saturated heterocycles. The second kappa shape index (κ2) is 7.52. The molecule has 0 spiro atoms. The molecule has 26 heavy (non-hydrogen) atoms. The molecular weight excluding hydrogens is 326 g/mol. The molecule has 2 aromatic heterocycles. The largest absolute Gasteiger partial charge is 0.468 e. The van der Waals surface area contributed by atoms with Gasteiger partial charge in [-0.2, -0.15) is 5.10 Å². The van der Waals surface area contributed by atoms with Crippen molar-refractivity contribution < 1.29 is 9.53 Å². The van der Waals surface area contributed by atoms with E-state index in [0.717, 1.165) is 29.2 Å². The van der Waals surface area contributed by atoms with Crippen molar-refractivity contribution in [1.29, 1.82) is 0 Å². The molecule has 5 heteroatoms. The van der Waals surface area contributed by atoms with E-state index < -0.39 is 0 Å². The molecule has 0 atom stereocenters. The van der Waals surface area contributed by atoms with Crippen LogP contribution >= 0.6 is 0 Å². The van der Waals surface area contributed by atoms with E-state index in [1.807, 2.05) is 52.0 Å². The Morgan fingerprint density at radius 1 is 1.04 bits per heavy atom. The first-order valence-corrected chi connectivity index (χ1v) is 8.63. The molecule has 0 aliphatic heterocycles. The summed E-state index contributed by atoms with van der Waals surface area (Å²) < 4.78 is 7.70. The van der Waals surface area contributed by atoms with Gasteiger partial charge in [0.05, 0.1) is 5.69 Å². The van der Waals surface area contributed by atoms with Gasteiger partial charge >= 0.3 is 0 Å². The Labute approximate surface area is 153 Å².